The van der Waals surface area contributed by atoms with Gasteiger partial charge in [0.25, 0.3) is 0 Å². The Labute approximate surface area is 108 Å². The number of carboxylic acids is 1. The number of amides is 1. The zero-order chi connectivity index (χ0) is 14.5. The Balaban J connectivity index is 2.42. The maximum absolute atomic E-state index is 12.0. The van der Waals surface area contributed by atoms with Gasteiger partial charge in [-0.25, -0.2) is 4.79 Å². The lowest BCUT2D eigenvalue weighted by Crippen LogP contribution is -2.40. The highest BCUT2D eigenvalue weighted by Crippen LogP contribution is 2.28. The highest BCUT2D eigenvalue weighted by molar-refractivity contribution is 5.86. The Hall–Kier alpha value is -1.71. The minimum Gasteiger partial charge on any atom is -0.472 e. The van der Waals surface area contributed by atoms with Crippen LogP contribution in [0.3, 0.4) is 0 Å². The topological polar surface area (TPSA) is 66.4 Å². The zero-order valence-electron chi connectivity index (χ0n) is 10.1. The summed E-state index contributed by atoms with van der Waals surface area (Å²) in [7, 11) is 0. The van der Waals surface area contributed by atoms with Gasteiger partial charge in [0.2, 0.25) is 0 Å². The van der Waals surface area contributed by atoms with Gasteiger partial charge in [-0.2, -0.15) is 13.2 Å². The molecule has 106 valence electrons. The molecule has 1 aliphatic rings. The van der Waals surface area contributed by atoms with Gasteiger partial charge in [-0.1, -0.05) is 12.3 Å². The van der Waals surface area contributed by atoms with Gasteiger partial charge in [0.1, 0.15) is 0 Å². The lowest BCUT2D eigenvalue weighted by Gasteiger charge is -2.26. The van der Waals surface area contributed by atoms with Crippen LogP contribution in [-0.2, 0) is 9.59 Å². The molecule has 1 rings (SSSR count). The second-order valence-corrected chi connectivity index (χ2v) is 4.51. The number of nitrogens with one attached hydrogen (secondary N) is 1. The highest BCUT2D eigenvalue weighted by Gasteiger charge is 2.38. The molecule has 0 aromatic rings. The van der Waals surface area contributed by atoms with Crippen LogP contribution >= 0.6 is 0 Å². The van der Waals surface area contributed by atoms with Crippen LogP contribution in [0.15, 0.2) is 0 Å². The number of hydrogen-bond acceptors (Lipinski definition) is 2. The molecular formula is C12H14F3NO3. The molecule has 7 heteroatoms. The van der Waals surface area contributed by atoms with Crippen molar-refractivity contribution in [2.45, 2.75) is 31.9 Å². The molecule has 0 aliphatic heterocycles. The second kappa shape index (κ2) is 6.45. The van der Waals surface area contributed by atoms with Crippen LogP contribution < -0.4 is 5.32 Å². The van der Waals surface area contributed by atoms with Gasteiger partial charge in [0.15, 0.2) is 0 Å². The summed E-state index contributed by atoms with van der Waals surface area (Å²) in [5, 5.41) is 10.3. The van der Waals surface area contributed by atoms with Crippen LogP contribution in [0.5, 0.6) is 0 Å². The first-order valence-corrected chi connectivity index (χ1v) is 5.88. The van der Waals surface area contributed by atoms with Gasteiger partial charge in [-0.15, -0.1) is 0 Å². The maximum Gasteiger partial charge on any atom is 0.471 e. The van der Waals surface area contributed by atoms with E-state index >= 15 is 0 Å². The highest BCUT2D eigenvalue weighted by atomic mass is 19.4. The molecule has 1 saturated carbocycles. The Morgan fingerprint density at radius 3 is 2.58 bits per heavy atom. The predicted molar refractivity (Wildman–Crippen MR) is 59.9 cm³/mol. The van der Waals surface area contributed by atoms with Crippen LogP contribution in [0.2, 0.25) is 0 Å². The fourth-order valence-electron chi connectivity index (χ4n) is 2.11. The molecule has 0 aromatic carbocycles. The molecule has 2 N–H and O–H groups in total. The summed E-state index contributed by atoms with van der Waals surface area (Å²) >= 11 is 0. The summed E-state index contributed by atoms with van der Waals surface area (Å²) in [4.78, 5) is 21.0. The molecule has 0 heterocycles. The molecule has 0 bridgehead atoms. The molecule has 4 nitrogen and oxygen atoms in total. The van der Waals surface area contributed by atoms with Gasteiger partial charge in [-0.3, -0.25) is 4.79 Å². The third-order valence-corrected chi connectivity index (χ3v) is 2.97. The Bertz CT molecular complexity index is 409. The first-order valence-electron chi connectivity index (χ1n) is 5.88. The van der Waals surface area contributed by atoms with Crippen molar-refractivity contribution in [1.82, 2.24) is 5.32 Å². The summed E-state index contributed by atoms with van der Waals surface area (Å²) in [6.45, 7) is -0.0520. The monoisotopic (exact) mass is 277 g/mol. The van der Waals surface area contributed by atoms with E-state index in [9.17, 15) is 22.8 Å². The summed E-state index contributed by atoms with van der Waals surface area (Å²) in [5.74, 6) is 1.24. The van der Waals surface area contributed by atoms with Crippen LogP contribution in [0.1, 0.15) is 25.7 Å². The van der Waals surface area contributed by atoms with E-state index in [0.29, 0.717) is 12.8 Å². The number of alkyl halides is 3. The van der Waals surface area contributed by atoms with Crippen molar-refractivity contribution in [3.05, 3.63) is 0 Å². The van der Waals surface area contributed by atoms with E-state index in [-0.39, 0.29) is 18.4 Å². The van der Waals surface area contributed by atoms with E-state index < -0.39 is 18.1 Å². The average molecular weight is 277 g/mol. The number of carbonyl (C=O) groups excluding carboxylic acids is 1. The molecule has 1 aliphatic carbocycles. The van der Waals surface area contributed by atoms with E-state index in [4.69, 9.17) is 5.11 Å². The Morgan fingerprint density at radius 1 is 1.32 bits per heavy atom. The average Bonchev–Trinajstić information content (AvgIpc) is 2.32. The molecule has 0 aromatic heterocycles. The van der Waals surface area contributed by atoms with Crippen molar-refractivity contribution in [3.63, 3.8) is 0 Å². The molecular weight excluding hydrogens is 263 g/mol. The third-order valence-electron chi connectivity index (χ3n) is 2.97. The minimum atomic E-state index is -4.86. The molecule has 0 radical (unpaired) electrons. The number of aliphatic carboxylic acids is 1. The lowest BCUT2D eigenvalue weighted by atomic mass is 9.81. The van der Waals surface area contributed by atoms with Crippen LogP contribution in [-0.4, -0.2) is 29.7 Å². The van der Waals surface area contributed by atoms with E-state index in [0.717, 1.165) is 12.8 Å². The van der Waals surface area contributed by atoms with Crippen molar-refractivity contribution >= 4 is 11.9 Å². The zero-order valence-corrected chi connectivity index (χ0v) is 10.1. The minimum absolute atomic E-state index is 0.0520. The summed E-state index contributed by atoms with van der Waals surface area (Å²) < 4.78 is 36.0. The number of rotatable bonds is 2. The van der Waals surface area contributed by atoms with E-state index in [1.165, 1.54) is 0 Å². The molecule has 0 saturated heterocycles. The summed E-state index contributed by atoms with van der Waals surface area (Å²) in [5.41, 5.74) is 0. The molecule has 2 atom stereocenters. The molecule has 1 amide bonds. The molecule has 19 heavy (non-hydrogen) atoms. The van der Waals surface area contributed by atoms with Gasteiger partial charge in [0, 0.05) is 18.4 Å². The quantitative estimate of drug-likeness (QED) is 0.753. The Morgan fingerprint density at radius 2 is 2.00 bits per heavy atom. The smallest absolute Gasteiger partial charge is 0.471 e. The maximum atomic E-state index is 12.0. The standard InChI is InChI=1S/C12H14F3NO3/c13-12(14,15)11(19)16-7-9-3-1-2-8(6-9)4-5-10(17)18/h8-9H,1-3,6-7H2,(H,16,19)(H,17,18)/t8-,9-/m0/s1. The van der Waals surface area contributed by atoms with Gasteiger partial charge < -0.3 is 10.4 Å². The van der Waals surface area contributed by atoms with E-state index in [2.05, 4.69) is 5.92 Å². The molecule has 1 fully saturated rings. The Kier molecular flexibility index (Phi) is 5.21. The summed E-state index contributed by atoms with van der Waals surface area (Å²) in [6.07, 6.45) is -2.13. The number of halogens is 3. The van der Waals surface area contributed by atoms with Crippen molar-refractivity contribution in [2.75, 3.05) is 6.54 Å². The first kappa shape index (κ1) is 15.3. The van der Waals surface area contributed by atoms with E-state index in [1.54, 1.807) is 0 Å². The fourth-order valence-corrected chi connectivity index (χ4v) is 2.11. The number of hydrogen-bond donors (Lipinski definition) is 2. The largest absolute Gasteiger partial charge is 0.472 e. The molecule has 0 spiro atoms. The van der Waals surface area contributed by atoms with Gasteiger partial charge >= 0.3 is 18.1 Å². The van der Waals surface area contributed by atoms with Crippen molar-refractivity contribution < 1.29 is 27.9 Å². The van der Waals surface area contributed by atoms with Gasteiger partial charge in [0.05, 0.1) is 0 Å². The molecule has 0 unspecified atom stereocenters. The van der Waals surface area contributed by atoms with Crippen LogP contribution in [0.25, 0.3) is 0 Å². The second-order valence-electron chi connectivity index (χ2n) is 4.51. The number of carboxylic acid groups (broad SMARTS) is 1. The van der Waals surface area contributed by atoms with Crippen molar-refractivity contribution in [2.24, 2.45) is 11.8 Å². The van der Waals surface area contributed by atoms with E-state index in [1.807, 2.05) is 11.2 Å². The van der Waals surface area contributed by atoms with Crippen LogP contribution in [0, 0.1) is 23.7 Å². The number of carbonyl (C=O) groups is 2. The summed E-state index contributed by atoms with van der Waals surface area (Å²) in [6, 6.07) is 0. The van der Waals surface area contributed by atoms with Crippen molar-refractivity contribution in [1.29, 1.82) is 0 Å². The lowest BCUT2D eigenvalue weighted by molar-refractivity contribution is -0.173. The first-order chi connectivity index (χ1) is 8.79. The third kappa shape index (κ3) is 5.64. The fraction of sp³-hybridized carbons (Fsp3) is 0.667. The van der Waals surface area contributed by atoms with Crippen LogP contribution in [0.4, 0.5) is 13.2 Å². The van der Waals surface area contributed by atoms with Crippen molar-refractivity contribution in [3.8, 4) is 11.8 Å². The van der Waals surface area contributed by atoms with Gasteiger partial charge in [-0.05, 0) is 25.2 Å². The normalized spacial score (nSPS) is 23.1. The SMILES string of the molecule is O=C(O)C#C[C@@H]1CCC[C@H](CNC(=O)C(F)(F)F)C1. The predicted octanol–water partition coefficient (Wildman–Crippen LogP) is 1.56.